The van der Waals surface area contributed by atoms with Crippen molar-refractivity contribution in [3.63, 3.8) is 0 Å². The highest BCUT2D eigenvalue weighted by atomic mass is 32.2. The van der Waals surface area contributed by atoms with Gasteiger partial charge in [0.25, 0.3) is 0 Å². The van der Waals surface area contributed by atoms with Crippen LogP contribution < -0.4 is 14.8 Å². The van der Waals surface area contributed by atoms with Crippen molar-refractivity contribution in [1.82, 2.24) is 4.31 Å². The minimum Gasteiger partial charge on any atom is -0.490 e. The number of likely N-dealkylation sites (N-methyl/N-ethyl adjacent to an activating group) is 1. The zero-order valence-corrected chi connectivity index (χ0v) is 18.8. The van der Waals surface area contributed by atoms with Crippen LogP contribution >= 0.6 is 0 Å². The van der Waals surface area contributed by atoms with Crippen molar-refractivity contribution in [2.75, 3.05) is 32.1 Å². The second kappa shape index (κ2) is 11.0. The maximum absolute atomic E-state index is 12.7. The Balaban J connectivity index is 2.08. The second-order valence-corrected chi connectivity index (χ2v) is 9.03. The minimum absolute atomic E-state index is 0.149. The SMILES string of the molecule is CCCOc1ccc(NC(=O)CN(C)S(=O)(=O)c2ccc(C)cc2)cc1OCCC. The van der Waals surface area contributed by atoms with Crippen LogP contribution in [0.15, 0.2) is 47.4 Å². The molecule has 0 aromatic heterocycles. The van der Waals surface area contributed by atoms with Gasteiger partial charge in [-0.15, -0.1) is 0 Å². The summed E-state index contributed by atoms with van der Waals surface area (Å²) in [6.07, 6.45) is 1.71. The van der Waals surface area contributed by atoms with E-state index in [0.29, 0.717) is 30.4 Å². The molecule has 0 radical (unpaired) electrons. The van der Waals surface area contributed by atoms with Crippen molar-refractivity contribution < 1.29 is 22.7 Å². The molecule has 0 bridgehead atoms. The van der Waals surface area contributed by atoms with E-state index in [0.717, 1.165) is 22.7 Å². The van der Waals surface area contributed by atoms with Crippen molar-refractivity contribution in [1.29, 1.82) is 0 Å². The minimum atomic E-state index is -3.75. The van der Waals surface area contributed by atoms with E-state index in [4.69, 9.17) is 9.47 Å². The third kappa shape index (κ3) is 6.47. The van der Waals surface area contributed by atoms with Crippen LogP contribution in [0.4, 0.5) is 5.69 Å². The van der Waals surface area contributed by atoms with Crippen molar-refractivity contribution >= 4 is 21.6 Å². The third-order valence-electron chi connectivity index (χ3n) is 4.25. The van der Waals surface area contributed by atoms with E-state index >= 15 is 0 Å². The van der Waals surface area contributed by atoms with Crippen molar-refractivity contribution in [2.24, 2.45) is 0 Å². The summed E-state index contributed by atoms with van der Waals surface area (Å²) in [5.74, 6) is 0.711. The summed E-state index contributed by atoms with van der Waals surface area (Å²) >= 11 is 0. The van der Waals surface area contributed by atoms with Gasteiger partial charge in [0, 0.05) is 18.8 Å². The number of nitrogens with one attached hydrogen (secondary N) is 1. The van der Waals surface area contributed by atoms with E-state index in [2.05, 4.69) is 5.32 Å². The Kier molecular flexibility index (Phi) is 8.68. The Morgan fingerprint density at radius 2 is 1.57 bits per heavy atom. The molecule has 0 unspecified atom stereocenters. The topological polar surface area (TPSA) is 84.9 Å². The molecule has 7 nitrogen and oxygen atoms in total. The van der Waals surface area contributed by atoms with Crippen molar-refractivity contribution in [3.8, 4) is 11.5 Å². The zero-order valence-electron chi connectivity index (χ0n) is 18.0. The fraction of sp³-hybridized carbons (Fsp3) is 0.409. The Morgan fingerprint density at radius 3 is 2.17 bits per heavy atom. The second-order valence-electron chi connectivity index (χ2n) is 6.98. The quantitative estimate of drug-likeness (QED) is 0.581. The van der Waals surface area contributed by atoms with Gasteiger partial charge in [0.15, 0.2) is 11.5 Å². The number of benzene rings is 2. The fourth-order valence-corrected chi connectivity index (χ4v) is 3.75. The summed E-state index contributed by atoms with van der Waals surface area (Å²) in [4.78, 5) is 12.6. The van der Waals surface area contributed by atoms with Crippen LogP contribution in [0, 0.1) is 6.92 Å². The van der Waals surface area contributed by atoms with Crippen LogP contribution in [-0.4, -0.2) is 45.4 Å². The monoisotopic (exact) mass is 434 g/mol. The predicted molar refractivity (Wildman–Crippen MR) is 118 cm³/mol. The lowest BCUT2D eigenvalue weighted by atomic mass is 10.2. The van der Waals surface area contributed by atoms with E-state index in [1.807, 2.05) is 20.8 Å². The van der Waals surface area contributed by atoms with Crippen LogP contribution in [0.5, 0.6) is 11.5 Å². The summed E-state index contributed by atoms with van der Waals surface area (Å²) in [5.41, 5.74) is 1.47. The van der Waals surface area contributed by atoms with Gasteiger partial charge in [-0.05, 0) is 44.0 Å². The molecule has 1 amide bonds. The molecule has 2 aromatic carbocycles. The number of ether oxygens (including phenoxy) is 2. The third-order valence-corrected chi connectivity index (χ3v) is 6.06. The van der Waals surface area contributed by atoms with Crippen LogP contribution in [0.1, 0.15) is 32.3 Å². The van der Waals surface area contributed by atoms with Gasteiger partial charge in [-0.1, -0.05) is 31.5 Å². The zero-order chi connectivity index (χ0) is 22.1. The van der Waals surface area contributed by atoms with Crippen LogP contribution in [-0.2, 0) is 14.8 Å². The largest absolute Gasteiger partial charge is 0.490 e. The van der Waals surface area contributed by atoms with E-state index < -0.39 is 15.9 Å². The molecular weight excluding hydrogens is 404 g/mol. The summed E-state index contributed by atoms with van der Waals surface area (Å²) in [5, 5.41) is 2.73. The lowest BCUT2D eigenvalue weighted by Gasteiger charge is -2.18. The number of carbonyl (C=O) groups is 1. The first-order valence-corrected chi connectivity index (χ1v) is 11.4. The number of rotatable bonds is 11. The van der Waals surface area contributed by atoms with Crippen LogP contribution in [0.2, 0.25) is 0 Å². The number of hydrogen-bond donors (Lipinski definition) is 1. The Hall–Kier alpha value is -2.58. The maximum atomic E-state index is 12.7. The van der Waals surface area contributed by atoms with Gasteiger partial charge in [-0.25, -0.2) is 8.42 Å². The highest BCUT2D eigenvalue weighted by molar-refractivity contribution is 7.89. The molecule has 0 aliphatic carbocycles. The number of anilines is 1. The summed E-state index contributed by atoms with van der Waals surface area (Å²) in [7, 11) is -2.37. The number of carbonyl (C=O) groups excluding carboxylic acids is 1. The maximum Gasteiger partial charge on any atom is 0.243 e. The van der Waals surface area contributed by atoms with Crippen LogP contribution in [0.3, 0.4) is 0 Å². The predicted octanol–water partition coefficient (Wildman–Crippen LogP) is 3.83. The number of sulfonamides is 1. The molecular formula is C22H30N2O5S. The molecule has 8 heteroatoms. The molecule has 2 rings (SSSR count). The van der Waals surface area contributed by atoms with Crippen molar-refractivity contribution in [3.05, 3.63) is 48.0 Å². The molecule has 2 aromatic rings. The summed E-state index contributed by atoms with van der Waals surface area (Å²) in [6.45, 7) is 6.68. The Labute approximate surface area is 179 Å². The molecule has 0 saturated heterocycles. The van der Waals surface area contributed by atoms with Gasteiger partial charge >= 0.3 is 0 Å². The van der Waals surface area contributed by atoms with Crippen LogP contribution in [0.25, 0.3) is 0 Å². The van der Waals surface area contributed by atoms with E-state index in [-0.39, 0.29) is 11.4 Å². The lowest BCUT2D eigenvalue weighted by Crippen LogP contribution is -2.34. The average molecular weight is 435 g/mol. The Morgan fingerprint density at radius 1 is 0.967 bits per heavy atom. The van der Waals surface area contributed by atoms with Gasteiger partial charge < -0.3 is 14.8 Å². The first-order valence-electron chi connectivity index (χ1n) is 10.0. The number of amides is 1. The molecule has 0 spiro atoms. The summed E-state index contributed by atoms with van der Waals surface area (Å²) in [6, 6.07) is 11.6. The van der Waals surface area contributed by atoms with Gasteiger partial charge in [0.2, 0.25) is 15.9 Å². The lowest BCUT2D eigenvalue weighted by molar-refractivity contribution is -0.116. The van der Waals surface area contributed by atoms with Gasteiger partial charge in [0.05, 0.1) is 24.7 Å². The summed E-state index contributed by atoms with van der Waals surface area (Å²) < 4.78 is 37.8. The standard InChI is InChI=1S/C22H30N2O5S/c1-5-13-28-20-12-9-18(15-21(20)29-14-6-2)23-22(25)16-24(4)30(26,27)19-10-7-17(3)8-11-19/h7-12,15H,5-6,13-14,16H2,1-4H3,(H,23,25). The molecule has 1 N–H and O–H groups in total. The molecule has 0 aliphatic heterocycles. The van der Waals surface area contributed by atoms with E-state index in [9.17, 15) is 13.2 Å². The number of hydrogen-bond acceptors (Lipinski definition) is 5. The average Bonchev–Trinajstić information content (AvgIpc) is 2.71. The number of nitrogens with zero attached hydrogens (tertiary/aromatic N) is 1. The molecule has 0 fully saturated rings. The highest BCUT2D eigenvalue weighted by Gasteiger charge is 2.23. The van der Waals surface area contributed by atoms with Gasteiger partial charge in [-0.2, -0.15) is 4.31 Å². The molecule has 0 atom stereocenters. The molecule has 0 saturated carbocycles. The van der Waals surface area contributed by atoms with Gasteiger partial charge in [0.1, 0.15) is 0 Å². The van der Waals surface area contributed by atoms with Crippen molar-refractivity contribution in [2.45, 2.75) is 38.5 Å². The molecule has 0 heterocycles. The number of aryl methyl sites for hydroxylation is 1. The van der Waals surface area contributed by atoms with E-state index in [1.54, 1.807) is 30.3 Å². The highest BCUT2D eigenvalue weighted by Crippen LogP contribution is 2.31. The first kappa shape index (κ1) is 23.7. The smallest absolute Gasteiger partial charge is 0.243 e. The molecule has 0 aliphatic rings. The Bertz CT molecular complexity index is 943. The molecule has 164 valence electrons. The fourth-order valence-electron chi connectivity index (χ4n) is 2.62. The normalized spacial score (nSPS) is 11.4. The molecule has 30 heavy (non-hydrogen) atoms. The first-order chi connectivity index (χ1) is 14.3. The van der Waals surface area contributed by atoms with Gasteiger partial charge in [-0.3, -0.25) is 4.79 Å². The van der Waals surface area contributed by atoms with E-state index in [1.165, 1.54) is 19.2 Å².